The summed E-state index contributed by atoms with van der Waals surface area (Å²) in [6.45, 7) is 5.50. The second kappa shape index (κ2) is 7.03. The van der Waals surface area contributed by atoms with Crippen molar-refractivity contribution in [3.8, 4) is 0 Å². The van der Waals surface area contributed by atoms with Crippen LogP contribution in [0.4, 0.5) is 0 Å². The molecule has 2 unspecified atom stereocenters. The molecule has 3 aliphatic rings. The number of fused-ring (bicyclic) bond motifs is 1. The van der Waals surface area contributed by atoms with E-state index in [0.717, 1.165) is 12.8 Å². The molecule has 2 bridgehead atoms. The number of aliphatic hydroxyl groups is 1. The van der Waals surface area contributed by atoms with Crippen molar-refractivity contribution in [2.45, 2.75) is 68.2 Å². The van der Waals surface area contributed by atoms with E-state index in [9.17, 15) is 19.5 Å². The quantitative estimate of drug-likeness (QED) is 0.605. The normalized spacial score (nSPS) is 36.4. The van der Waals surface area contributed by atoms with Gasteiger partial charge in [0.1, 0.15) is 6.04 Å². The number of rotatable bonds is 6. The first kappa shape index (κ1) is 19.5. The molecule has 0 aromatic rings. The zero-order valence-corrected chi connectivity index (χ0v) is 16.6. The smallest absolute Gasteiger partial charge is 0.244 e. The van der Waals surface area contributed by atoms with Crippen molar-refractivity contribution < 1.29 is 19.5 Å². The molecular weight excluding hydrogens is 354 g/mol. The van der Waals surface area contributed by atoms with E-state index < -0.39 is 28.7 Å². The molecule has 7 nitrogen and oxygen atoms in total. The average Bonchev–Trinajstić information content (AvgIpc) is 3.23. The summed E-state index contributed by atoms with van der Waals surface area (Å²) in [6.07, 6.45) is 2.15. The van der Waals surface area contributed by atoms with Gasteiger partial charge in [0.25, 0.3) is 0 Å². The van der Waals surface area contributed by atoms with Crippen molar-refractivity contribution in [1.29, 1.82) is 0 Å². The van der Waals surface area contributed by atoms with Crippen LogP contribution in [0.5, 0.6) is 0 Å². The van der Waals surface area contributed by atoms with Gasteiger partial charge in [-0.05, 0) is 33.1 Å². The van der Waals surface area contributed by atoms with Crippen LogP contribution in [0.25, 0.3) is 0 Å². The predicted molar refractivity (Wildman–Crippen MR) is 99.5 cm³/mol. The fourth-order valence-corrected chi connectivity index (χ4v) is 7.23. The van der Waals surface area contributed by atoms with Crippen LogP contribution >= 0.6 is 11.8 Å². The Balaban J connectivity index is 2.06. The Kier molecular flexibility index (Phi) is 5.27. The standard InChI is InChI=1S/C18H29N3O4S/c1-5-10(8-22)21-14(16(24)20-9(2)3)18-7-6-11(26-18)12(15(23)19-4)13(18)17(21)25/h9-14,22H,5-8H2,1-4H3,(H,19,23)(H,20,24)/t10-,11-,12+,13-,14?,18?/m0/s1. The van der Waals surface area contributed by atoms with Crippen molar-refractivity contribution in [3.63, 3.8) is 0 Å². The minimum atomic E-state index is -0.635. The largest absolute Gasteiger partial charge is 0.394 e. The van der Waals surface area contributed by atoms with Crippen molar-refractivity contribution in [2.75, 3.05) is 13.7 Å². The molecule has 1 spiro atoms. The second-order valence-electron chi connectivity index (χ2n) is 7.82. The number of nitrogens with zero attached hydrogens (tertiary/aromatic N) is 1. The maximum Gasteiger partial charge on any atom is 0.244 e. The van der Waals surface area contributed by atoms with Crippen LogP contribution in [0.15, 0.2) is 0 Å². The molecule has 0 aromatic heterocycles. The van der Waals surface area contributed by atoms with E-state index in [1.165, 1.54) is 0 Å². The van der Waals surface area contributed by atoms with Gasteiger partial charge in [-0.3, -0.25) is 14.4 Å². The monoisotopic (exact) mass is 383 g/mol. The molecule has 3 amide bonds. The summed E-state index contributed by atoms with van der Waals surface area (Å²) in [4.78, 5) is 40.6. The highest BCUT2D eigenvalue weighted by Gasteiger charge is 2.74. The summed E-state index contributed by atoms with van der Waals surface area (Å²) in [5.41, 5.74) is 0. The lowest BCUT2D eigenvalue weighted by molar-refractivity contribution is -0.142. The lowest BCUT2D eigenvalue weighted by Crippen LogP contribution is -2.57. The number of likely N-dealkylation sites (tertiary alicyclic amines) is 1. The molecule has 8 heteroatoms. The Bertz CT molecular complexity index is 609. The predicted octanol–water partition coefficient (Wildman–Crippen LogP) is 0.119. The van der Waals surface area contributed by atoms with E-state index in [0.29, 0.717) is 6.42 Å². The van der Waals surface area contributed by atoms with Crippen LogP contribution in [0.3, 0.4) is 0 Å². The van der Waals surface area contributed by atoms with Gasteiger partial charge in [-0.25, -0.2) is 0 Å². The molecule has 3 N–H and O–H groups in total. The van der Waals surface area contributed by atoms with E-state index in [-0.39, 0.29) is 35.6 Å². The van der Waals surface area contributed by atoms with Gasteiger partial charge in [0.05, 0.1) is 29.2 Å². The summed E-state index contributed by atoms with van der Waals surface area (Å²) >= 11 is 1.64. The summed E-state index contributed by atoms with van der Waals surface area (Å²) < 4.78 is -0.569. The molecule has 26 heavy (non-hydrogen) atoms. The van der Waals surface area contributed by atoms with E-state index >= 15 is 0 Å². The molecule has 3 aliphatic heterocycles. The third kappa shape index (κ3) is 2.64. The number of thioether (sulfide) groups is 1. The number of aliphatic hydroxyl groups excluding tert-OH is 1. The zero-order valence-electron chi connectivity index (χ0n) is 15.8. The molecular formula is C18H29N3O4S. The van der Waals surface area contributed by atoms with Crippen LogP contribution in [0.1, 0.15) is 40.0 Å². The van der Waals surface area contributed by atoms with Gasteiger partial charge < -0.3 is 20.6 Å². The van der Waals surface area contributed by atoms with Gasteiger partial charge in [0.15, 0.2) is 0 Å². The molecule has 0 aliphatic carbocycles. The van der Waals surface area contributed by atoms with Crippen molar-refractivity contribution in [3.05, 3.63) is 0 Å². The fraction of sp³-hybridized carbons (Fsp3) is 0.833. The van der Waals surface area contributed by atoms with E-state index in [4.69, 9.17) is 0 Å². The van der Waals surface area contributed by atoms with Crippen LogP contribution in [-0.4, -0.2) is 69.5 Å². The first-order valence-corrected chi connectivity index (χ1v) is 10.3. The topological polar surface area (TPSA) is 98.7 Å². The molecule has 0 saturated carbocycles. The maximum absolute atomic E-state index is 13.4. The van der Waals surface area contributed by atoms with Gasteiger partial charge in [0, 0.05) is 18.3 Å². The second-order valence-corrected chi connectivity index (χ2v) is 9.42. The van der Waals surface area contributed by atoms with Crippen molar-refractivity contribution in [1.82, 2.24) is 15.5 Å². The number of carbonyl (C=O) groups excluding carboxylic acids is 3. The molecule has 3 heterocycles. The fourth-order valence-electron chi connectivity index (χ4n) is 5.03. The van der Waals surface area contributed by atoms with Crippen molar-refractivity contribution in [2.24, 2.45) is 11.8 Å². The lowest BCUT2D eigenvalue weighted by Gasteiger charge is -2.37. The summed E-state index contributed by atoms with van der Waals surface area (Å²) in [5.74, 6) is -1.34. The Morgan fingerprint density at radius 2 is 2.08 bits per heavy atom. The molecule has 3 fully saturated rings. The van der Waals surface area contributed by atoms with Crippen molar-refractivity contribution >= 4 is 29.5 Å². The first-order valence-electron chi connectivity index (χ1n) is 9.45. The minimum absolute atomic E-state index is 0.0394. The summed E-state index contributed by atoms with van der Waals surface area (Å²) in [5, 5.41) is 15.6. The van der Waals surface area contributed by atoms with E-state index in [1.54, 1.807) is 23.7 Å². The Labute approximate surface area is 158 Å². The number of hydrogen-bond donors (Lipinski definition) is 3. The van der Waals surface area contributed by atoms with Gasteiger partial charge >= 0.3 is 0 Å². The van der Waals surface area contributed by atoms with Crippen LogP contribution in [0, 0.1) is 11.8 Å². The molecule has 0 aromatic carbocycles. The van der Waals surface area contributed by atoms with E-state index in [1.807, 2.05) is 20.8 Å². The average molecular weight is 384 g/mol. The SMILES string of the molecule is CC[C@@H](CO)N1C(=O)[C@@H]2[C@H](C(=O)NC)[C@@H]3CCC2(S3)C1C(=O)NC(C)C. The first-order chi connectivity index (χ1) is 12.3. The number of nitrogens with one attached hydrogen (secondary N) is 2. The number of amides is 3. The summed E-state index contributed by atoms with van der Waals surface area (Å²) in [7, 11) is 1.59. The number of carbonyl (C=O) groups is 3. The van der Waals surface area contributed by atoms with Gasteiger partial charge in [-0.15, -0.1) is 11.8 Å². The highest BCUT2D eigenvalue weighted by Crippen LogP contribution is 2.66. The van der Waals surface area contributed by atoms with Crippen LogP contribution < -0.4 is 10.6 Å². The number of hydrogen-bond acceptors (Lipinski definition) is 5. The highest BCUT2D eigenvalue weighted by molar-refractivity contribution is 8.02. The molecule has 3 rings (SSSR count). The minimum Gasteiger partial charge on any atom is -0.394 e. The lowest BCUT2D eigenvalue weighted by atomic mass is 9.70. The Hall–Kier alpha value is -1.28. The maximum atomic E-state index is 13.4. The molecule has 146 valence electrons. The molecule has 0 radical (unpaired) electrons. The highest BCUT2D eigenvalue weighted by atomic mass is 32.2. The van der Waals surface area contributed by atoms with Crippen LogP contribution in [-0.2, 0) is 14.4 Å². The van der Waals surface area contributed by atoms with Gasteiger partial charge in [-0.1, -0.05) is 6.92 Å². The third-order valence-electron chi connectivity index (χ3n) is 6.04. The Morgan fingerprint density at radius 1 is 1.38 bits per heavy atom. The van der Waals surface area contributed by atoms with Gasteiger partial charge in [0.2, 0.25) is 17.7 Å². The zero-order chi connectivity index (χ0) is 19.2. The molecule has 6 atom stereocenters. The summed E-state index contributed by atoms with van der Waals surface area (Å²) in [6, 6.07) is -1.08. The third-order valence-corrected chi connectivity index (χ3v) is 7.99. The Morgan fingerprint density at radius 3 is 2.62 bits per heavy atom. The van der Waals surface area contributed by atoms with Gasteiger partial charge in [-0.2, -0.15) is 0 Å². The van der Waals surface area contributed by atoms with E-state index in [2.05, 4.69) is 10.6 Å². The molecule has 3 saturated heterocycles. The van der Waals surface area contributed by atoms with Crippen LogP contribution in [0.2, 0.25) is 0 Å².